The lowest BCUT2D eigenvalue weighted by Crippen LogP contribution is -2.37. The van der Waals surface area contributed by atoms with Crippen molar-refractivity contribution in [3.63, 3.8) is 0 Å². The summed E-state index contributed by atoms with van der Waals surface area (Å²) in [6.45, 7) is 5.70. The van der Waals surface area contributed by atoms with Crippen molar-refractivity contribution in [1.29, 1.82) is 0 Å². The maximum absolute atomic E-state index is 11.4. The zero-order chi connectivity index (χ0) is 19.3. The lowest BCUT2D eigenvalue weighted by atomic mass is 10.0. The van der Waals surface area contributed by atoms with Gasteiger partial charge in [0.2, 0.25) is 0 Å². The van der Waals surface area contributed by atoms with Crippen LogP contribution in [0.5, 0.6) is 0 Å². The Morgan fingerprint density at radius 3 is 2.82 bits per heavy atom. The van der Waals surface area contributed by atoms with Crippen molar-refractivity contribution >= 4 is 22.4 Å². The van der Waals surface area contributed by atoms with E-state index in [1.165, 1.54) is 0 Å². The van der Waals surface area contributed by atoms with E-state index >= 15 is 0 Å². The first-order valence-electron chi connectivity index (χ1n) is 9.62. The van der Waals surface area contributed by atoms with Crippen LogP contribution in [0.15, 0.2) is 47.4 Å². The second-order valence-corrected chi connectivity index (χ2v) is 7.01. The smallest absolute Gasteiger partial charge is 0.271 e. The number of fused-ring (bicyclic) bond motifs is 1. The average molecular weight is 379 g/mol. The van der Waals surface area contributed by atoms with Gasteiger partial charge in [0.1, 0.15) is 5.82 Å². The highest BCUT2D eigenvalue weighted by Gasteiger charge is 2.09. The van der Waals surface area contributed by atoms with Crippen LogP contribution in [0.4, 0.5) is 11.5 Å². The molecule has 3 heterocycles. The molecule has 0 atom stereocenters. The highest BCUT2D eigenvalue weighted by Crippen LogP contribution is 2.24. The van der Waals surface area contributed by atoms with Crippen molar-refractivity contribution in [3.05, 3.63) is 52.9 Å². The van der Waals surface area contributed by atoms with Crippen LogP contribution in [0.1, 0.15) is 6.42 Å². The number of aromatic amines is 1. The molecule has 28 heavy (non-hydrogen) atoms. The molecule has 146 valence electrons. The van der Waals surface area contributed by atoms with E-state index in [0.29, 0.717) is 0 Å². The van der Waals surface area contributed by atoms with Crippen LogP contribution in [0.2, 0.25) is 0 Å². The molecule has 1 aromatic carbocycles. The van der Waals surface area contributed by atoms with E-state index in [0.717, 1.165) is 73.7 Å². The van der Waals surface area contributed by atoms with E-state index in [4.69, 9.17) is 15.5 Å². The molecule has 0 bridgehead atoms. The normalized spacial score (nSPS) is 15.0. The van der Waals surface area contributed by atoms with Gasteiger partial charge in [-0.2, -0.15) is 0 Å². The molecule has 1 aliphatic heterocycles. The van der Waals surface area contributed by atoms with Crippen molar-refractivity contribution < 1.29 is 4.74 Å². The fourth-order valence-electron chi connectivity index (χ4n) is 3.42. The molecule has 7 nitrogen and oxygen atoms in total. The molecule has 0 unspecified atom stereocenters. The Morgan fingerprint density at radius 2 is 2.00 bits per heavy atom. The SMILES string of the molecule is Nc1cc(-c2ccc3nc(NCCCN4CCOCC4)ccc3c2)c[nH]c1=O. The minimum absolute atomic E-state index is 0.215. The average Bonchev–Trinajstić information content (AvgIpc) is 2.73. The molecule has 0 aliphatic carbocycles. The number of anilines is 2. The Kier molecular flexibility index (Phi) is 5.55. The molecule has 4 rings (SSSR count). The second kappa shape index (κ2) is 8.41. The summed E-state index contributed by atoms with van der Waals surface area (Å²) in [5, 5.41) is 4.45. The molecule has 0 saturated carbocycles. The standard InChI is InChI=1S/C21H25N5O2/c22-18-13-17(14-24-21(18)27)15-2-4-19-16(12-15)3-5-20(25-19)23-6-1-7-26-8-10-28-11-9-26/h2-5,12-14H,1,6-11,22H2,(H,23,25)(H,24,27). The van der Waals surface area contributed by atoms with Crippen LogP contribution in [-0.4, -0.2) is 54.3 Å². The van der Waals surface area contributed by atoms with Crippen LogP contribution in [0.25, 0.3) is 22.0 Å². The molecule has 4 N–H and O–H groups in total. The molecule has 0 amide bonds. The van der Waals surface area contributed by atoms with Gasteiger partial charge in [0.15, 0.2) is 0 Å². The van der Waals surface area contributed by atoms with Gasteiger partial charge in [-0.15, -0.1) is 0 Å². The number of pyridine rings is 2. The van der Waals surface area contributed by atoms with Gasteiger partial charge < -0.3 is 20.8 Å². The number of H-pyrrole nitrogens is 1. The Morgan fingerprint density at radius 1 is 1.14 bits per heavy atom. The summed E-state index contributed by atoms with van der Waals surface area (Å²) in [4.78, 5) is 21.2. The van der Waals surface area contributed by atoms with Gasteiger partial charge in [0.25, 0.3) is 5.56 Å². The highest BCUT2D eigenvalue weighted by atomic mass is 16.5. The third-order valence-electron chi connectivity index (χ3n) is 5.02. The summed E-state index contributed by atoms with van der Waals surface area (Å²) in [5.41, 5.74) is 8.47. The summed E-state index contributed by atoms with van der Waals surface area (Å²) in [7, 11) is 0. The van der Waals surface area contributed by atoms with E-state index in [2.05, 4.69) is 27.3 Å². The first kappa shape index (κ1) is 18.5. The lowest BCUT2D eigenvalue weighted by Gasteiger charge is -2.26. The number of nitrogen functional groups attached to an aromatic ring is 1. The first-order chi connectivity index (χ1) is 13.7. The van der Waals surface area contributed by atoms with Crippen molar-refractivity contribution in [2.75, 3.05) is 50.4 Å². The monoisotopic (exact) mass is 379 g/mol. The molecule has 7 heteroatoms. The number of hydrogen-bond acceptors (Lipinski definition) is 6. The molecule has 1 aliphatic rings. The van der Waals surface area contributed by atoms with Gasteiger partial charge in [-0.1, -0.05) is 6.07 Å². The minimum atomic E-state index is -0.268. The van der Waals surface area contributed by atoms with E-state index in [1.807, 2.05) is 18.2 Å². The maximum atomic E-state index is 11.4. The van der Waals surface area contributed by atoms with Gasteiger partial charge >= 0.3 is 0 Å². The van der Waals surface area contributed by atoms with Crippen molar-refractivity contribution in [2.24, 2.45) is 0 Å². The van der Waals surface area contributed by atoms with Crippen molar-refractivity contribution in [2.45, 2.75) is 6.42 Å². The number of hydrogen-bond donors (Lipinski definition) is 3. The van der Waals surface area contributed by atoms with Crippen LogP contribution in [0, 0.1) is 0 Å². The summed E-state index contributed by atoms with van der Waals surface area (Å²) in [6.07, 6.45) is 2.75. The summed E-state index contributed by atoms with van der Waals surface area (Å²) in [5.74, 6) is 0.885. The van der Waals surface area contributed by atoms with E-state index in [9.17, 15) is 4.79 Å². The second-order valence-electron chi connectivity index (χ2n) is 7.01. The van der Waals surface area contributed by atoms with Crippen LogP contribution in [0.3, 0.4) is 0 Å². The molecule has 0 radical (unpaired) electrons. The number of aromatic nitrogens is 2. The van der Waals surface area contributed by atoms with Crippen molar-refractivity contribution in [3.8, 4) is 11.1 Å². The van der Waals surface area contributed by atoms with Gasteiger partial charge in [-0.25, -0.2) is 4.98 Å². The summed E-state index contributed by atoms with van der Waals surface area (Å²) < 4.78 is 5.37. The van der Waals surface area contributed by atoms with Crippen LogP contribution in [-0.2, 0) is 4.74 Å². The predicted molar refractivity (Wildman–Crippen MR) is 113 cm³/mol. The number of nitrogens with one attached hydrogen (secondary N) is 2. The predicted octanol–water partition coefficient (Wildman–Crippen LogP) is 2.31. The Bertz CT molecular complexity index is 1010. The fraction of sp³-hybridized carbons (Fsp3) is 0.333. The van der Waals surface area contributed by atoms with Gasteiger partial charge in [-0.3, -0.25) is 9.69 Å². The largest absolute Gasteiger partial charge is 0.394 e. The van der Waals surface area contributed by atoms with E-state index in [1.54, 1.807) is 12.3 Å². The van der Waals surface area contributed by atoms with E-state index < -0.39 is 0 Å². The number of benzene rings is 1. The molecule has 1 fully saturated rings. The molecule has 1 saturated heterocycles. The minimum Gasteiger partial charge on any atom is -0.394 e. The Labute approximate surface area is 163 Å². The topological polar surface area (TPSA) is 96.3 Å². The third-order valence-corrected chi connectivity index (χ3v) is 5.02. The molecular weight excluding hydrogens is 354 g/mol. The zero-order valence-electron chi connectivity index (χ0n) is 15.8. The first-order valence-corrected chi connectivity index (χ1v) is 9.62. The number of ether oxygens (including phenoxy) is 1. The summed E-state index contributed by atoms with van der Waals surface area (Å²) >= 11 is 0. The van der Waals surface area contributed by atoms with E-state index in [-0.39, 0.29) is 11.2 Å². The number of rotatable bonds is 6. The fourth-order valence-corrected chi connectivity index (χ4v) is 3.42. The lowest BCUT2D eigenvalue weighted by molar-refractivity contribution is 0.0378. The van der Waals surface area contributed by atoms with Gasteiger partial charge in [0, 0.05) is 36.8 Å². The zero-order valence-corrected chi connectivity index (χ0v) is 15.8. The number of nitrogens with two attached hydrogens (primary N) is 1. The number of nitrogens with zero attached hydrogens (tertiary/aromatic N) is 2. The van der Waals surface area contributed by atoms with Crippen LogP contribution < -0.4 is 16.6 Å². The summed E-state index contributed by atoms with van der Waals surface area (Å²) in [6, 6.07) is 11.8. The highest BCUT2D eigenvalue weighted by molar-refractivity contribution is 5.85. The Hall–Kier alpha value is -2.90. The number of morpholine rings is 1. The molecule has 2 aromatic heterocycles. The van der Waals surface area contributed by atoms with Gasteiger partial charge in [-0.05, 0) is 48.9 Å². The maximum Gasteiger partial charge on any atom is 0.271 e. The quantitative estimate of drug-likeness (QED) is 0.569. The van der Waals surface area contributed by atoms with Gasteiger partial charge in [0.05, 0.1) is 24.4 Å². The third kappa shape index (κ3) is 4.32. The molecule has 3 aromatic rings. The molecular formula is C21H25N5O2. The van der Waals surface area contributed by atoms with Crippen molar-refractivity contribution in [1.82, 2.24) is 14.9 Å². The molecule has 0 spiro atoms. The Balaban J connectivity index is 1.40. The van der Waals surface area contributed by atoms with Crippen LogP contribution >= 0.6 is 0 Å².